The maximum Gasteiger partial charge on any atom is 0.275 e. The van der Waals surface area contributed by atoms with Gasteiger partial charge in [0, 0.05) is 24.7 Å². The van der Waals surface area contributed by atoms with E-state index in [0.29, 0.717) is 33.5 Å². The minimum atomic E-state index is -0.559. The molecule has 0 aliphatic carbocycles. The van der Waals surface area contributed by atoms with Crippen molar-refractivity contribution in [2.24, 2.45) is 0 Å². The number of hydrogen-bond donors (Lipinski definition) is 2. The third-order valence-electron chi connectivity index (χ3n) is 4.06. The summed E-state index contributed by atoms with van der Waals surface area (Å²) < 4.78 is 2.20. The van der Waals surface area contributed by atoms with Crippen LogP contribution in [0.5, 0.6) is 0 Å². The first-order chi connectivity index (χ1) is 14.3. The molecule has 3 aromatic rings. The van der Waals surface area contributed by atoms with Crippen LogP contribution in [0.3, 0.4) is 0 Å². The minimum Gasteiger partial charge on any atom is -0.385 e. The Kier molecular flexibility index (Phi) is 6.47. The van der Waals surface area contributed by atoms with Gasteiger partial charge in [-0.25, -0.2) is 4.98 Å². The Morgan fingerprint density at radius 2 is 2.23 bits per heavy atom. The number of aromatic nitrogens is 3. The van der Waals surface area contributed by atoms with Crippen LogP contribution in [0.4, 0.5) is 16.6 Å². The van der Waals surface area contributed by atoms with Gasteiger partial charge >= 0.3 is 0 Å². The average molecular weight is 447 g/mol. The lowest BCUT2D eigenvalue weighted by molar-refractivity contribution is -0.384. The zero-order chi connectivity index (χ0) is 21.8. The molecule has 0 radical (unpaired) electrons. The number of nitrogens with one attached hydrogen (secondary N) is 1. The van der Waals surface area contributed by atoms with Crippen LogP contribution in [-0.4, -0.2) is 30.6 Å². The summed E-state index contributed by atoms with van der Waals surface area (Å²) in [4.78, 5) is 43.3. The SMILES string of the molecule is C=CCn1c(N)cc(=O)nc1SC(CC)C(=O)Nc1nc2ccc([N+](=O)[O-])cc2s1. The van der Waals surface area contributed by atoms with Gasteiger partial charge in [0.25, 0.3) is 11.2 Å². The number of carbonyl (C=O) groups excluding carboxylic acids is 1. The quantitative estimate of drug-likeness (QED) is 0.176. The topological polar surface area (TPSA) is 146 Å². The Labute approximate surface area is 179 Å². The van der Waals surface area contributed by atoms with Crippen molar-refractivity contribution < 1.29 is 9.72 Å². The third kappa shape index (κ3) is 4.66. The fourth-order valence-electron chi connectivity index (χ4n) is 2.62. The van der Waals surface area contributed by atoms with Crippen LogP contribution in [0.1, 0.15) is 13.3 Å². The summed E-state index contributed by atoms with van der Waals surface area (Å²) in [6.45, 7) is 5.85. The van der Waals surface area contributed by atoms with E-state index in [9.17, 15) is 19.7 Å². The number of nitro benzene ring substituents is 1. The van der Waals surface area contributed by atoms with Crippen molar-refractivity contribution in [2.45, 2.75) is 30.3 Å². The van der Waals surface area contributed by atoms with Crippen LogP contribution in [0.2, 0.25) is 0 Å². The maximum atomic E-state index is 12.8. The van der Waals surface area contributed by atoms with E-state index in [2.05, 4.69) is 21.9 Å². The molecule has 1 amide bonds. The number of thiazole rings is 1. The van der Waals surface area contributed by atoms with Crippen molar-refractivity contribution in [1.82, 2.24) is 14.5 Å². The zero-order valence-corrected chi connectivity index (χ0v) is 17.5. The molecule has 2 heterocycles. The van der Waals surface area contributed by atoms with Crippen LogP contribution in [0, 0.1) is 10.1 Å². The van der Waals surface area contributed by atoms with Gasteiger partial charge in [-0.3, -0.25) is 19.7 Å². The molecule has 30 heavy (non-hydrogen) atoms. The van der Waals surface area contributed by atoms with Gasteiger partial charge in [0.15, 0.2) is 10.3 Å². The summed E-state index contributed by atoms with van der Waals surface area (Å²) in [5.41, 5.74) is 5.93. The fraction of sp³-hybridized carbons (Fsp3) is 0.222. The number of benzene rings is 1. The first-order valence-electron chi connectivity index (χ1n) is 8.83. The summed E-state index contributed by atoms with van der Waals surface area (Å²) in [5.74, 6) is -0.0849. The van der Waals surface area contributed by atoms with Gasteiger partial charge in [-0.1, -0.05) is 36.1 Å². The molecular formula is C18H18N6O4S2. The van der Waals surface area contributed by atoms with E-state index >= 15 is 0 Å². The average Bonchev–Trinajstić information content (AvgIpc) is 3.09. The number of non-ortho nitro benzene ring substituents is 1. The van der Waals surface area contributed by atoms with Crippen molar-refractivity contribution in [3.05, 3.63) is 57.4 Å². The highest BCUT2D eigenvalue weighted by Gasteiger charge is 2.22. The molecule has 3 N–H and O–H groups in total. The van der Waals surface area contributed by atoms with Crippen molar-refractivity contribution in [1.29, 1.82) is 0 Å². The molecule has 3 rings (SSSR count). The van der Waals surface area contributed by atoms with E-state index in [1.807, 2.05) is 6.92 Å². The number of nitrogens with two attached hydrogens (primary N) is 1. The molecule has 0 aliphatic rings. The predicted molar refractivity (Wildman–Crippen MR) is 118 cm³/mol. The summed E-state index contributed by atoms with van der Waals surface area (Å²) in [6.07, 6.45) is 2.08. The molecule has 156 valence electrons. The third-order valence-corrected chi connectivity index (χ3v) is 6.34. The number of anilines is 2. The first kappa shape index (κ1) is 21.5. The summed E-state index contributed by atoms with van der Waals surface area (Å²) in [6, 6.07) is 5.53. The fourth-order valence-corrected chi connectivity index (χ4v) is 4.56. The lowest BCUT2D eigenvalue weighted by Gasteiger charge is -2.17. The first-order valence-corrected chi connectivity index (χ1v) is 10.5. The lowest BCUT2D eigenvalue weighted by Crippen LogP contribution is -2.26. The molecule has 1 aromatic carbocycles. The monoisotopic (exact) mass is 446 g/mol. The van der Waals surface area contributed by atoms with Crippen molar-refractivity contribution >= 4 is 55.9 Å². The van der Waals surface area contributed by atoms with Gasteiger partial charge in [-0.15, -0.1) is 6.58 Å². The number of allylic oxidation sites excluding steroid dienone is 1. The number of nitrogens with zero attached hydrogens (tertiary/aromatic N) is 4. The highest BCUT2D eigenvalue weighted by molar-refractivity contribution is 8.00. The van der Waals surface area contributed by atoms with Gasteiger partial charge in [0.1, 0.15) is 5.82 Å². The molecule has 2 aromatic heterocycles. The van der Waals surface area contributed by atoms with E-state index in [1.165, 1.54) is 24.3 Å². The molecule has 10 nitrogen and oxygen atoms in total. The van der Waals surface area contributed by atoms with E-state index < -0.39 is 15.7 Å². The van der Waals surface area contributed by atoms with Crippen molar-refractivity contribution in [2.75, 3.05) is 11.1 Å². The zero-order valence-electron chi connectivity index (χ0n) is 15.9. The minimum absolute atomic E-state index is 0.0426. The molecule has 0 fully saturated rings. The second-order valence-corrected chi connectivity index (χ2v) is 8.33. The molecule has 1 unspecified atom stereocenters. The highest BCUT2D eigenvalue weighted by Crippen LogP contribution is 2.31. The Balaban J connectivity index is 1.82. The van der Waals surface area contributed by atoms with Crippen LogP contribution >= 0.6 is 23.1 Å². The molecule has 0 saturated carbocycles. The number of carbonyl (C=O) groups is 1. The molecule has 0 bridgehead atoms. The Morgan fingerprint density at radius 1 is 1.47 bits per heavy atom. The van der Waals surface area contributed by atoms with Gasteiger partial charge in [-0.2, -0.15) is 4.98 Å². The molecule has 0 saturated heterocycles. The number of rotatable bonds is 8. The number of nitro groups is 1. The number of nitrogen functional groups attached to an aromatic ring is 1. The summed E-state index contributed by atoms with van der Waals surface area (Å²) in [5, 5.41) is 13.8. The smallest absolute Gasteiger partial charge is 0.275 e. The lowest BCUT2D eigenvalue weighted by atomic mass is 10.3. The normalized spacial score (nSPS) is 11.9. The highest BCUT2D eigenvalue weighted by atomic mass is 32.2. The number of fused-ring (bicyclic) bond motifs is 1. The summed E-state index contributed by atoms with van der Waals surface area (Å²) in [7, 11) is 0. The van der Waals surface area contributed by atoms with Crippen LogP contribution in [0.25, 0.3) is 10.2 Å². The molecular weight excluding hydrogens is 428 g/mol. The molecule has 12 heteroatoms. The number of thioether (sulfide) groups is 1. The summed E-state index contributed by atoms with van der Waals surface area (Å²) >= 11 is 2.27. The predicted octanol–water partition coefficient (Wildman–Crippen LogP) is 3.04. The Morgan fingerprint density at radius 3 is 2.90 bits per heavy atom. The van der Waals surface area contributed by atoms with Crippen molar-refractivity contribution in [3.8, 4) is 0 Å². The van der Waals surface area contributed by atoms with E-state index in [0.717, 1.165) is 23.1 Å². The maximum absolute atomic E-state index is 12.8. The van der Waals surface area contributed by atoms with Crippen molar-refractivity contribution in [3.63, 3.8) is 0 Å². The van der Waals surface area contributed by atoms with Crippen LogP contribution in [0.15, 0.2) is 46.9 Å². The molecule has 1 atom stereocenters. The van der Waals surface area contributed by atoms with E-state index in [1.54, 1.807) is 10.6 Å². The molecule has 0 spiro atoms. The van der Waals surface area contributed by atoms with Gasteiger partial charge in [-0.05, 0) is 12.5 Å². The number of amides is 1. The van der Waals surface area contributed by atoms with Gasteiger partial charge in [0.05, 0.1) is 20.4 Å². The van der Waals surface area contributed by atoms with Crippen LogP contribution < -0.4 is 16.6 Å². The van der Waals surface area contributed by atoms with E-state index in [4.69, 9.17) is 5.73 Å². The number of hydrogen-bond acceptors (Lipinski definition) is 9. The standard InChI is InChI=1S/C18H18N6O4S2/c1-3-7-23-14(19)9-15(25)21-18(23)30-12(4-2)16(26)22-17-20-11-6-5-10(24(27)28)8-13(11)29-17/h3,5-6,8-9,12H,1,4,7,19H2,2H3,(H,20,22,26). The molecule has 0 aliphatic heterocycles. The van der Waals surface area contributed by atoms with E-state index in [-0.39, 0.29) is 17.4 Å². The Hall–Kier alpha value is -3.25. The van der Waals surface area contributed by atoms with Crippen LogP contribution in [-0.2, 0) is 11.3 Å². The largest absolute Gasteiger partial charge is 0.385 e. The van der Waals surface area contributed by atoms with Gasteiger partial charge in [0.2, 0.25) is 5.91 Å². The second-order valence-electron chi connectivity index (χ2n) is 6.13. The van der Waals surface area contributed by atoms with Gasteiger partial charge < -0.3 is 15.6 Å². The Bertz CT molecular complexity index is 1190. The second kappa shape index (κ2) is 9.05.